The standard InChI is InChI=1S/C20H22N2O3/c23-13-14-8-9-21(11-14)20(25)16-10-19(24)22(12-16)18-7-3-5-15-4-1-2-6-17(15)18/h1-7,14,16,23H,8-13H2. The highest BCUT2D eigenvalue weighted by Crippen LogP contribution is 2.32. The van der Waals surface area contributed by atoms with Crippen LogP contribution in [0.15, 0.2) is 42.5 Å². The summed E-state index contributed by atoms with van der Waals surface area (Å²) in [4.78, 5) is 28.9. The van der Waals surface area contributed by atoms with E-state index in [-0.39, 0.29) is 36.7 Å². The summed E-state index contributed by atoms with van der Waals surface area (Å²) < 4.78 is 0. The number of carbonyl (C=O) groups excluding carboxylic acids is 2. The lowest BCUT2D eigenvalue weighted by Gasteiger charge is -2.22. The van der Waals surface area contributed by atoms with Crippen molar-refractivity contribution < 1.29 is 14.7 Å². The summed E-state index contributed by atoms with van der Waals surface area (Å²) in [5.41, 5.74) is 0.882. The van der Waals surface area contributed by atoms with Gasteiger partial charge in [-0.2, -0.15) is 0 Å². The Labute approximate surface area is 146 Å². The van der Waals surface area contributed by atoms with Gasteiger partial charge < -0.3 is 14.9 Å². The molecule has 2 amide bonds. The van der Waals surface area contributed by atoms with Crippen molar-refractivity contribution in [1.29, 1.82) is 0 Å². The van der Waals surface area contributed by atoms with Crippen LogP contribution in [0, 0.1) is 11.8 Å². The zero-order valence-corrected chi connectivity index (χ0v) is 14.1. The van der Waals surface area contributed by atoms with E-state index in [2.05, 4.69) is 0 Å². The second kappa shape index (κ2) is 6.48. The molecule has 2 atom stereocenters. The van der Waals surface area contributed by atoms with Crippen molar-refractivity contribution in [3.8, 4) is 0 Å². The minimum atomic E-state index is -0.288. The number of hydrogen-bond donors (Lipinski definition) is 1. The van der Waals surface area contributed by atoms with Crippen LogP contribution in [0.2, 0.25) is 0 Å². The average Bonchev–Trinajstić information content (AvgIpc) is 3.27. The monoisotopic (exact) mass is 338 g/mol. The molecular weight excluding hydrogens is 316 g/mol. The van der Waals surface area contributed by atoms with Gasteiger partial charge in [-0.3, -0.25) is 9.59 Å². The quantitative estimate of drug-likeness (QED) is 0.931. The van der Waals surface area contributed by atoms with Crippen molar-refractivity contribution in [3.63, 3.8) is 0 Å². The zero-order chi connectivity index (χ0) is 17.4. The van der Waals surface area contributed by atoms with Crippen LogP contribution in [0.4, 0.5) is 5.69 Å². The van der Waals surface area contributed by atoms with Gasteiger partial charge in [0, 0.05) is 44.0 Å². The highest BCUT2D eigenvalue weighted by atomic mass is 16.3. The Morgan fingerprint density at radius 2 is 1.92 bits per heavy atom. The smallest absolute Gasteiger partial charge is 0.228 e. The molecule has 4 rings (SSSR count). The van der Waals surface area contributed by atoms with Gasteiger partial charge in [-0.1, -0.05) is 36.4 Å². The summed E-state index contributed by atoms with van der Waals surface area (Å²) in [7, 11) is 0. The van der Waals surface area contributed by atoms with Gasteiger partial charge in [0.2, 0.25) is 11.8 Å². The molecule has 2 aliphatic rings. The van der Waals surface area contributed by atoms with E-state index in [1.54, 1.807) is 4.90 Å². The van der Waals surface area contributed by atoms with Gasteiger partial charge in [0.25, 0.3) is 0 Å². The van der Waals surface area contributed by atoms with Gasteiger partial charge >= 0.3 is 0 Å². The number of amides is 2. The number of aliphatic hydroxyl groups is 1. The maximum Gasteiger partial charge on any atom is 0.228 e. The van der Waals surface area contributed by atoms with Gasteiger partial charge in [-0.05, 0) is 17.9 Å². The number of benzene rings is 2. The first-order chi connectivity index (χ1) is 12.2. The maximum absolute atomic E-state index is 12.8. The molecule has 0 bridgehead atoms. The van der Waals surface area contributed by atoms with Crippen molar-refractivity contribution in [2.45, 2.75) is 12.8 Å². The van der Waals surface area contributed by atoms with Crippen molar-refractivity contribution in [1.82, 2.24) is 4.90 Å². The number of nitrogens with zero attached hydrogens (tertiary/aromatic N) is 2. The Morgan fingerprint density at radius 1 is 1.12 bits per heavy atom. The summed E-state index contributed by atoms with van der Waals surface area (Å²) in [6.07, 6.45) is 1.11. The molecule has 2 aromatic rings. The van der Waals surface area contributed by atoms with E-state index in [0.717, 1.165) is 22.9 Å². The molecule has 1 N–H and O–H groups in total. The number of anilines is 1. The Balaban J connectivity index is 1.55. The lowest BCUT2D eigenvalue weighted by atomic mass is 10.1. The first kappa shape index (κ1) is 16.1. The Hall–Kier alpha value is -2.40. The molecule has 0 spiro atoms. The first-order valence-electron chi connectivity index (χ1n) is 8.85. The largest absolute Gasteiger partial charge is 0.396 e. The van der Waals surface area contributed by atoms with Crippen molar-refractivity contribution in [3.05, 3.63) is 42.5 Å². The topological polar surface area (TPSA) is 60.9 Å². The van der Waals surface area contributed by atoms with E-state index in [4.69, 9.17) is 0 Å². The molecule has 0 aromatic heterocycles. The zero-order valence-electron chi connectivity index (χ0n) is 14.1. The summed E-state index contributed by atoms with van der Waals surface area (Å²) in [5.74, 6) is -0.0567. The molecule has 2 aromatic carbocycles. The molecule has 2 heterocycles. The van der Waals surface area contributed by atoms with Crippen LogP contribution in [-0.2, 0) is 9.59 Å². The lowest BCUT2D eigenvalue weighted by molar-refractivity contribution is -0.134. The fraction of sp³-hybridized carbons (Fsp3) is 0.400. The van der Waals surface area contributed by atoms with E-state index >= 15 is 0 Å². The molecule has 2 unspecified atom stereocenters. The molecule has 0 saturated carbocycles. The third-order valence-electron chi connectivity index (χ3n) is 5.39. The van der Waals surface area contributed by atoms with Crippen molar-refractivity contribution in [2.24, 2.45) is 11.8 Å². The second-order valence-corrected chi connectivity index (χ2v) is 7.03. The Kier molecular flexibility index (Phi) is 4.17. The molecular formula is C20H22N2O3. The summed E-state index contributed by atoms with van der Waals surface area (Å²) in [6, 6.07) is 13.9. The first-order valence-corrected chi connectivity index (χ1v) is 8.85. The van der Waals surface area contributed by atoms with E-state index in [0.29, 0.717) is 19.6 Å². The van der Waals surface area contributed by atoms with Gasteiger partial charge in [-0.25, -0.2) is 0 Å². The fourth-order valence-electron chi connectivity index (χ4n) is 3.99. The highest BCUT2D eigenvalue weighted by Gasteiger charge is 2.39. The Morgan fingerprint density at radius 3 is 2.72 bits per heavy atom. The lowest BCUT2D eigenvalue weighted by Crippen LogP contribution is -2.36. The van der Waals surface area contributed by atoms with Crippen LogP contribution < -0.4 is 4.90 Å². The van der Waals surface area contributed by atoms with Gasteiger partial charge in [0.05, 0.1) is 11.6 Å². The average molecular weight is 338 g/mol. The normalized spacial score (nSPS) is 23.6. The third-order valence-corrected chi connectivity index (χ3v) is 5.39. The molecule has 2 saturated heterocycles. The van der Waals surface area contributed by atoms with Crippen LogP contribution >= 0.6 is 0 Å². The fourth-order valence-corrected chi connectivity index (χ4v) is 3.99. The summed E-state index contributed by atoms with van der Waals surface area (Å²) >= 11 is 0. The van der Waals surface area contributed by atoms with Crippen LogP contribution in [0.3, 0.4) is 0 Å². The molecule has 0 aliphatic carbocycles. The number of carbonyl (C=O) groups is 2. The maximum atomic E-state index is 12.8. The third kappa shape index (κ3) is 2.89. The minimum Gasteiger partial charge on any atom is -0.396 e. The predicted octanol–water partition coefficient (Wildman–Crippen LogP) is 2.03. The molecule has 5 nitrogen and oxygen atoms in total. The highest BCUT2D eigenvalue weighted by molar-refractivity contribution is 6.07. The van der Waals surface area contributed by atoms with Crippen LogP contribution in [-0.4, -0.2) is 48.1 Å². The van der Waals surface area contributed by atoms with Crippen LogP contribution in [0.25, 0.3) is 10.8 Å². The summed E-state index contributed by atoms with van der Waals surface area (Å²) in [6.45, 7) is 1.85. The molecule has 25 heavy (non-hydrogen) atoms. The second-order valence-electron chi connectivity index (χ2n) is 7.03. The predicted molar refractivity (Wildman–Crippen MR) is 96.2 cm³/mol. The van der Waals surface area contributed by atoms with Gasteiger partial charge in [0.1, 0.15) is 0 Å². The van der Waals surface area contributed by atoms with Crippen LogP contribution in [0.1, 0.15) is 12.8 Å². The van der Waals surface area contributed by atoms with Gasteiger partial charge in [-0.15, -0.1) is 0 Å². The molecule has 130 valence electrons. The van der Waals surface area contributed by atoms with E-state index in [1.807, 2.05) is 47.4 Å². The van der Waals surface area contributed by atoms with E-state index < -0.39 is 0 Å². The molecule has 2 aliphatic heterocycles. The van der Waals surface area contributed by atoms with Crippen LogP contribution in [0.5, 0.6) is 0 Å². The minimum absolute atomic E-state index is 0.00704. The molecule has 5 heteroatoms. The molecule has 0 radical (unpaired) electrons. The SMILES string of the molecule is O=C(C1CC(=O)N(c2cccc3ccccc23)C1)N1CCC(CO)C1. The summed E-state index contributed by atoms with van der Waals surface area (Å²) in [5, 5.41) is 11.4. The van der Waals surface area contributed by atoms with Crippen molar-refractivity contribution >= 4 is 28.3 Å². The van der Waals surface area contributed by atoms with Crippen molar-refractivity contribution in [2.75, 3.05) is 31.1 Å². The molecule has 2 fully saturated rings. The number of hydrogen-bond acceptors (Lipinski definition) is 3. The number of likely N-dealkylation sites (tertiary alicyclic amines) is 1. The Bertz CT molecular complexity index is 814. The number of aliphatic hydroxyl groups excluding tert-OH is 1. The van der Waals surface area contributed by atoms with E-state index in [9.17, 15) is 14.7 Å². The van der Waals surface area contributed by atoms with E-state index in [1.165, 1.54) is 0 Å². The van der Waals surface area contributed by atoms with Gasteiger partial charge in [0.15, 0.2) is 0 Å². The number of rotatable bonds is 3. The number of fused-ring (bicyclic) bond motifs is 1.